The summed E-state index contributed by atoms with van der Waals surface area (Å²) in [6.07, 6.45) is 3.11. The van der Waals surface area contributed by atoms with Crippen molar-refractivity contribution in [2.24, 2.45) is 5.92 Å². The van der Waals surface area contributed by atoms with Gasteiger partial charge in [0.25, 0.3) is 0 Å². The quantitative estimate of drug-likeness (QED) is 0.226. The van der Waals surface area contributed by atoms with E-state index in [-0.39, 0.29) is 5.41 Å². The molecule has 0 fully saturated rings. The zero-order valence-electron chi connectivity index (χ0n) is 22.5. The van der Waals surface area contributed by atoms with E-state index >= 15 is 0 Å². The molecule has 0 N–H and O–H groups in total. The summed E-state index contributed by atoms with van der Waals surface area (Å²) in [6, 6.07) is 22.7. The van der Waals surface area contributed by atoms with Crippen LogP contribution < -0.4 is 0 Å². The number of rotatable bonds is 4. The van der Waals surface area contributed by atoms with Crippen molar-refractivity contribution in [2.45, 2.75) is 53.4 Å². The molecule has 0 unspecified atom stereocenters. The van der Waals surface area contributed by atoms with Gasteiger partial charge in [-0.2, -0.15) is 0 Å². The minimum Gasteiger partial charge on any atom is -0.255 e. The molecule has 0 saturated heterocycles. The Labute approximate surface area is 227 Å². The molecule has 0 bridgehead atoms. The summed E-state index contributed by atoms with van der Waals surface area (Å²) >= 11 is 3.76. The molecule has 186 valence electrons. The third-order valence-corrected chi connectivity index (χ3v) is 9.62. The topological polar surface area (TPSA) is 12.9 Å². The fraction of sp³-hybridized carbons (Fsp3) is 0.265. The average Bonchev–Trinajstić information content (AvgIpc) is 3.42. The van der Waals surface area contributed by atoms with Crippen LogP contribution in [0.15, 0.2) is 72.2 Å². The second-order valence-electron chi connectivity index (χ2n) is 11.7. The molecule has 0 atom stereocenters. The Morgan fingerprint density at radius 3 is 2.49 bits per heavy atom. The normalized spacial score (nSPS) is 12.4. The summed E-state index contributed by atoms with van der Waals surface area (Å²) in [6.45, 7) is 13.7. The van der Waals surface area contributed by atoms with Gasteiger partial charge in [0.2, 0.25) is 0 Å². The number of aromatic nitrogens is 1. The van der Waals surface area contributed by atoms with Crippen molar-refractivity contribution in [1.82, 2.24) is 4.98 Å². The minimum absolute atomic E-state index is 0.0457. The Kier molecular flexibility index (Phi) is 5.97. The van der Waals surface area contributed by atoms with Crippen LogP contribution in [-0.4, -0.2) is 4.98 Å². The van der Waals surface area contributed by atoms with Gasteiger partial charge in [-0.1, -0.05) is 71.0 Å². The van der Waals surface area contributed by atoms with Crippen LogP contribution in [0, 0.1) is 12.8 Å². The number of benzene rings is 3. The first-order chi connectivity index (χ1) is 17.7. The zero-order chi connectivity index (χ0) is 25.9. The Bertz CT molecular complexity index is 1780. The van der Waals surface area contributed by atoms with Gasteiger partial charge in [0, 0.05) is 37.7 Å². The average molecular weight is 520 g/mol. The van der Waals surface area contributed by atoms with Crippen LogP contribution in [0.2, 0.25) is 0 Å². The number of fused-ring (bicyclic) bond motifs is 3. The van der Waals surface area contributed by atoms with E-state index in [4.69, 9.17) is 4.98 Å². The van der Waals surface area contributed by atoms with Gasteiger partial charge < -0.3 is 0 Å². The Hall–Kier alpha value is -3.01. The van der Waals surface area contributed by atoms with Crippen LogP contribution in [0.25, 0.3) is 52.6 Å². The third kappa shape index (κ3) is 4.28. The number of hydrogen-bond acceptors (Lipinski definition) is 3. The maximum Gasteiger partial charge on any atom is 0.0880 e. The first kappa shape index (κ1) is 24.3. The zero-order valence-corrected chi connectivity index (χ0v) is 24.1. The highest BCUT2D eigenvalue weighted by Crippen LogP contribution is 2.46. The lowest BCUT2D eigenvalue weighted by atomic mass is 9.82. The monoisotopic (exact) mass is 519 g/mol. The van der Waals surface area contributed by atoms with E-state index in [9.17, 15) is 0 Å². The number of aryl methyl sites for hydroxylation is 1. The van der Waals surface area contributed by atoms with E-state index in [1.54, 1.807) is 0 Å². The molecule has 0 saturated carbocycles. The van der Waals surface area contributed by atoms with Crippen LogP contribution in [0.5, 0.6) is 0 Å². The summed E-state index contributed by atoms with van der Waals surface area (Å²) < 4.78 is 2.66. The van der Waals surface area contributed by atoms with Crippen molar-refractivity contribution >= 4 is 53.6 Å². The fourth-order valence-electron chi connectivity index (χ4n) is 5.53. The van der Waals surface area contributed by atoms with Crippen molar-refractivity contribution in [2.75, 3.05) is 0 Å². The smallest absolute Gasteiger partial charge is 0.0880 e. The Balaban J connectivity index is 1.53. The van der Waals surface area contributed by atoms with Gasteiger partial charge in [0.1, 0.15) is 0 Å². The lowest BCUT2D eigenvalue weighted by Gasteiger charge is -2.22. The highest BCUT2D eigenvalue weighted by atomic mass is 32.1. The predicted molar refractivity (Wildman–Crippen MR) is 165 cm³/mol. The van der Waals surface area contributed by atoms with Gasteiger partial charge in [-0.3, -0.25) is 4.98 Å². The van der Waals surface area contributed by atoms with Gasteiger partial charge >= 0.3 is 0 Å². The highest BCUT2D eigenvalue weighted by molar-refractivity contribution is 7.24. The molecule has 0 amide bonds. The maximum atomic E-state index is 4.96. The number of nitrogens with zero attached hydrogens (tertiary/aromatic N) is 1. The molecule has 6 rings (SSSR count). The summed E-state index contributed by atoms with van der Waals surface area (Å²) in [5.74, 6) is 0.668. The number of hydrogen-bond donors (Lipinski definition) is 0. The first-order valence-corrected chi connectivity index (χ1v) is 14.8. The van der Waals surface area contributed by atoms with E-state index in [2.05, 4.69) is 108 Å². The van der Waals surface area contributed by atoms with Crippen molar-refractivity contribution in [1.29, 1.82) is 0 Å². The molecule has 3 aromatic heterocycles. The van der Waals surface area contributed by atoms with Crippen LogP contribution >= 0.6 is 22.7 Å². The van der Waals surface area contributed by atoms with Gasteiger partial charge in [-0.15, -0.1) is 22.7 Å². The van der Waals surface area contributed by atoms with Gasteiger partial charge in [-0.25, -0.2) is 0 Å². The fourth-order valence-corrected chi connectivity index (χ4v) is 7.96. The molecule has 3 heterocycles. The van der Waals surface area contributed by atoms with Gasteiger partial charge in [0.05, 0.1) is 10.4 Å². The molecule has 0 aliphatic carbocycles. The van der Waals surface area contributed by atoms with E-state index in [0.717, 1.165) is 12.1 Å². The largest absolute Gasteiger partial charge is 0.255 e. The van der Waals surface area contributed by atoms with E-state index in [1.165, 1.54) is 63.6 Å². The standard InChI is InChI=1S/C34H33NS2/c1-20(2)15-22-11-12-27-28(19-36-30(27)16-22)32-21(3)25-13-14-35-31(33(25)37-32)24-17-23-9-7-8-10-26(23)29(18-24)34(4,5)6/h7-14,16-20H,15H2,1-6H3. The van der Waals surface area contributed by atoms with Crippen molar-refractivity contribution in [3.8, 4) is 21.7 Å². The molecule has 0 spiro atoms. The van der Waals surface area contributed by atoms with Crippen LogP contribution in [-0.2, 0) is 11.8 Å². The molecule has 1 nitrogen and oxygen atoms in total. The van der Waals surface area contributed by atoms with E-state index in [1.807, 2.05) is 28.9 Å². The van der Waals surface area contributed by atoms with E-state index in [0.29, 0.717) is 5.92 Å². The first-order valence-electron chi connectivity index (χ1n) is 13.1. The summed E-state index contributed by atoms with van der Waals surface area (Å²) in [7, 11) is 0. The second-order valence-corrected chi connectivity index (χ2v) is 13.6. The highest BCUT2D eigenvalue weighted by Gasteiger charge is 2.21. The molecule has 0 radical (unpaired) electrons. The van der Waals surface area contributed by atoms with Crippen molar-refractivity contribution in [3.05, 3.63) is 88.9 Å². The van der Waals surface area contributed by atoms with Gasteiger partial charge in [0.15, 0.2) is 0 Å². The Morgan fingerprint density at radius 1 is 0.892 bits per heavy atom. The van der Waals surface area contributed by atoms with Crippen LogP contribution in [0.4, 0.5) is 0 Å². The molecular formula is C34H33NS2. The summed E-state index contributed by atoms with van der Waals surface area (Å²) in [5.41, 5.74) is 7.85. The predicted octanol–water partition coefficient (Wildman–Crippen LogP) is 10.8. The molecule has 6 aromatic rings. The molecule has 3 heteroatoms. The SMILES string of the molecule is Cc1c(-c2csc3cc(CC(C)C)ccc23)sc2c(-c3cc(C(C)(C)C)c4ccccc4c3)nccc12. The van der Waals surface area contributed by atoms with Crippen molar-refractivity contribution in [3.63, 3.8) is 0 Å². The Morgan fingerprint density at radius 2 is 1.70 bits per heavy atom. The summed E-state index contributed by atoms with van der Waals surface area (Å²) in [5, 5.41) is 7.63. The molecule has 0 aliphatic rings. The van der Waals surface area contributed by atoms with Gasteiger partial charge in [-0.05, 0) is 81.8 Å². The maximum absolute atomic E-state index is 4.96. The second kappa shape index (κ2) is 9.08. The lowest BCUT2D eigenvalue weighted by molar-refractivity contribution is 0.596. The number of pyridine rings is 1. The van der Waals surface area contributed by atoms with Crippen LogP contribution in [0.1, 0.15) is 51.3 Å². The van der Waals surface area contributed by atoms with E-state index < -0.39 is 0 Å². The number of thiophene rings is 2. The molecule has 0 aliphatic heterocycles. The van der Waals surface area contributed by atoms with Crippen molar-refractivity contribution < 1.29 is 0 Å². The third-order valence-electron chi connectivity index (χ3n) is 7.33. The molecular weight excluding hydrogens is 487 g/mol. The lowest BCUT2D eigenvalue weighted by Crippen LogP contribution is -2.12. The van der Waals surface area contributed by atoms with Crippen LogP contribution in [0.3, 0.4) is 0 Å². The molecule has 37 heavy (non-hydrogen) atoms. The minimum atomic E-state index is 0.0457. The summed E-state index contributed by atoms with van der Waals surface area (Å²) in [4.78, 5) is 6.32. The molecule has 3 aromatic carbocycles.